The van der Waals surface area contributed by atoms with E-state index in [1.165, 1.54) is 0 Å². The van der Waals surface area contributed by atoms with Crippen molar-refractivity contribution < 1.29 is 55.1 Å². The van der Waals surface area contributed by atoms with Crippen LogP contribution in [0.2, 0.25) is 0 Å². The maximum Gasteiger partial charge on any atom is 0.187 e. The van der Waals surface area contributed by atoms with Gasteiger partial charge in [0.2, 0.25) is 0 Å². The van der Waals surface area contributed by atoms with E-state index in [4.69, 9.17) is 24.4 Å². The van der Waals surface area contributed by atoms with Crippen LogP contribution in [-0.4, -0.2) is 115 Å². The number of hydrogen-bond acceptors (Lipinski definition) is 11. The first kappa shape index (κ1) is 18.9. The van der Waals surface area contributed by atoms with Crippen molar-refractivity contribution in [2.45, 2.75) is 61.4 Å². The summed E-state index contributed by atoms with van der Waals surface area (Å²) in [6, 6.07) is 0. The van der Waals surface area contributed by atoms with Crippen molar-refractivity contribution in [3.63, 3.8) is 0 Å². The molecule has 0 radical (unpaired) electrons. The van der Waals surface area contributed by atoms with Crippen LogP contribution < -0.4 is 0 Å². The van der Waals surface area contributed by atoms with Gasteiger partial charge in [0, 0.05) is 0 Å². The van der Waals surface area contributed by atoms with Gasteiger partial charge in [-0.05, 0) is 0 Å². The lowest BCUT2D eigenvalue weighted by molar-refractivity contribution is -0.355. The number of aliphatic hydroxyl groups excluding tert-OH is 8. The molecule has 0 aromatic carbocycles. The van der Waals surface area contributed by atoms with Gasteiger partial charge < -0.3 is 55.1 Å². The summed E-state index contributed by atoms with van der Waals surface area (Å²) < 4.78 is 15.1. The quantitative estimate of drug-likeness (QED) is 0.243. The van der Waals surface area contributed by atoms with Crippen LogP contribution in [0.4, 0.5) is 0 Å². The number of rotatable bonds is 4. The maximum atomic E-state index is 10.00. The zero-order valence-electron chi connectivity index (χ0n) is 12.0. The van der Waals surface area contributed by atoms with Crippen molar-refractivity contribution in [1.82, 2.24) is 0 Å². The summed E-state index contributed by atoms with van der Waals surface area (Å²) in [6.07, 6.45) is -15.7. The van der Waals surface area contributed by atoms with Gasteiger partial charge in [0.15, 0.2) is 12.6 Å². The average Bonchev–Trinajstić information content (AvgIpc) is 2.54. The van der Waals surface area contributed by atoms with Gasteiger partial charge in [-0.1, -0.05) is 0 Å². The standard InChI is InChI=1S/C12H22O11/c13-1-3-5(15)7(17)8(18)12(22-3)23-10-6(16)4(2-14)21-11(20)9(10)19/h3-20H,1-2H2/t3?,4?,5-,6-,7+,8?,9?,10+,11+,12-/m1/s1. The average molecular weight is 342 g/mol. The summed E-state index contributed by atoms with van der Waals surface area (Å²) in [6.45, 7) is -1.34. The highest BCUT2D eigenvalue weighted by atomic mass is 16.7. The molecule has 0 spiro atoms. The molecule has 11 nitrogen and oxygen atoms in total. The van der Waals surface area contributed by atoms with Crippen LogP contribution in [0.3, 0.4) is 0 Å². The minimum Gasteiger partial charge on any atom is -0.394 e. The van der Waals surface area contributed by atoms with Gasteiger partial charge in [-0.15, -0.1) is 0 Å². The Morgan fingerprint density at radius 2 is 1.22 bits per heavy atom. The molecule has 0 aromatic heterocycles. The molecule has 0 bridgehead atoms. The lowest BCUT2D eigenvalue weighted by Crippen LogP contribution is -2.64. The van der Waals surface area contributed by atoms with Crippen molar-refractivity contribution in [1.29, 1.82) is 0 Å². The molecule has 2 rings (SSSR count). The Kier molecular flexibility index (Phi) is 6.27. The van der Waals surface area contributed by atoms with E-state index in [-0.39, 0.29) is 0 Å². The highest BCUT2D eigenvalue weighted by molar-refractivity contribution is 4.93. The third-order valence-electron chi connectivity index (χ3n) is 3.98. The van der Waals surface area contributed by atoms with Crippen LogP contribution in [0.25, 0.3) is 0 Å². The maximum absolute atomic E-state index is 10.00. The molecule has 0 saturated carbocycles. The van der Waals surface area contributed by atoms with E-state index in [0.29, 0.717) is 0 Å². The highest BCUT2D eigenvalue weighted by Crippen LogP contribution is 2.28. The van der Waals surface area contributed by atoms with Crippen LogP contribution in [0.15, 0.2) is 0 Å². The largest absolute Gasteiger partial charge is 0.394 e. The lowest BCUT2D eigenvalue weighted by Gasteiger charge is -2.45. The summed E-state index contributed by atoms with van der Waals surface area (Å²) in [5.74, 6) is 0. The Labute approximate surface area is 130 Å². The monoisotopic (exact) mass is 342 g/mol. The van der Waals surface area contributed by atoms with Gasteiger partial charge >= 0.3 is 0 Å². The molecule has 0 amide bonds. The molecule has 23 heavy (non-hydrogen) atoms. The van der Waals surface area contributed by atoms with E-state index in [9.17, 15) is 30.6 Å². The smallest absolute Gasteiger partial charge is 0.187 e. The van der Waals surface area contributed by atoms with Gasteiger partial charge in [-0.25, -0.2) is 0 Å². The van der Waals surface area contributed by atoms with Gasteiger partial charge in [0.1, 0.15) is 48.8 Å². The number of ether oxygens (including phenoxy) is 3. The zero-order valence-corrected chi connectivity index (χ0v) is 12.0. The first-order valence-corrected chi connectivity index (χ1v) is 7.08. The van der Waals surface area contributed by atoms with Crippen LogP contribution in [0.1, 0.15) is 0 Å². The Hall–Kier alpha value is -0.440. The fraction of sp³-hybridized carbons (Fsp3) is 1.00. The van der Waals surface area contributed by atoms with E-state index < -0.39 is 74.6 Å². The molecule has 0 aromatic rings. The SMILES string of the molecule is OCC1O[C@H](O[C@@H]2C(O)[C@@H](O)OC(CO)[C@H]2O)C(O)[C@@H](O)[C@@H]1O. The van der Waals surface area contributed by atoms with E-state index in [0.717, 1.165) is 0 Å². The lowest BCUT2D eigenvalue weighted by atomic mass is 9.97. The Morgan fingerprint density at radius 1 is 0.652 bits per heavy atom. The molecular formula is C12H22O11. The molecule has 2 heterocycles. The van der Waals surface area contributed by atoms with Crippen LogP contribution in [-0.2, 0) is 14.2 Å². The van der Waals surface area contributed by atoms with E-state index >= 15 is 0 Å². The first-order chi connectivity index (χ1) is 10.8. The molecule has 2 aliphatic heterocycles. The Bertz CT molecular complexity index is 380. The van der Waals surface area contributed by atoms with Crippen LogP contribution in [0.5, 0.6) is 0 Å². The fourth-order valence-corrected chi connectivity index (χ4v) is 2.56. The van der Waals surface area contributed by atoms with Gasteiger partial charge in [-0.3, -0.25) is 0 Å². The molecule has 11 heteroatoms. The van der Waals surface area contributed by atoms with E-state index in [2.05, 4.69) is 0 Å². The van der Waals surface area contributed by atoms with Crippen LogP contribution >= 0.6 is 0 Å². The Balaban J connectivity index is 2.11. The third kappa shape index (κ3) is 3.65. The van der Waals surface area contributed by atoms with Gasteiger partial charge in [-0.2, -0.15) is 0 Å². The zero-order chi connectivity index (χ0) is 17.3. The number of aliphatic hydroxyl groups is 8. The third-order valence-corrected chi connectivity index (χ3v) is 3.98. The highest BCUT2D eigenvalue weighted by Gasteiger charge is 2.50. The van der Waals surface area contributed by atoms with E-state index in [1.807, 2.05) is 0 Å². The molecule has 136 valence electrons. The predicted molar refractivity (Wildman–Crippen MR) is 68.6 cm³/mol. The summed E-state index contributed by atoms with van der Waals surface area (Å²) in [7, 11) is 0. The first-order valence-electron chi connectivity index (χ1n) is 7.08. The second kappa shape index (κ2) is 7.63. The molecule has 2 saturated heterocycles. The summed E-state index contributed by atoms with van der Waals surface area (Å²) >= 11 is 0. The Morgan fingerprint density at radius 3 is 1.78 bits per heavy atom. The second-order valence-electron chi connectivity index (χ2n) is 5.53. The number of hydrogen-bond donors (Lipinski definition) is 8. The topological polar surface area (TPSA) is 190 Å². The van der Waals surface area contributed by atoms with Gasteiger partial charge in [0.05, 0.1) is 13.2 Å². The summed E-state index contributed by atoms with van der Waals surface area (Å²) in [5, 5.41) is 76.8. The van der Waals surface area contributed by atoms with Crippen molar-refractivity contribution >= 4 is 0 Å². The molecule has 2 fully saturated rings. The van der Waals surface area contributed by atoms with Gasteiger partial charge in [0.25, 0.3) is 0 Å². The molecule has 2 aliphatic rings. The van der Waals surface area contributed by atoms with Crippen molar-refractivity contribution in [2.24, 2.45) is 0 Å². The molecule has 8 N–H and O–H groups in total. The fourth-order valence-electron chi connectivity index (χ4n) is 2.56. The molecule has 10 atom stereocenters. The van der Waals surface area contributed by atoms with Crippen molar-refractivity contribution in [3.05, 3.63) is 0 Å². The summed E-state index contributed by atoms with van der Waals surface area (Å²) in [5.41, 5.74) is 0. The molecule has 0 aliphatic carbocycles. The van der Waals surface area contributed by atoms with Crippen molar-refractivity contribution in [3.8, 4) is 0 Å². The minimum absolute atomic E-state index is 0.667. The van der Waals surface area contributed by atoms with Crippen molar-refractivity contribution in [2.75, 3.05) is 13.2 Å². The second-order valence-corrected chi connectivity index (χ2v) is 5.53. The molecular weight excluding hydrogens is 320 g/mol. The summed E-state index contributed by atoms with van der Waals surface area (Å²) in [4.78, 5) is 0. The molecule has 4 unspecified atom stereocenters. The van der Waals surface area contributed by atoms with E-state index in [1.54, 1.807) is 0 Å². The predicted octanol–water partition coefficient (Wildman–Crippen LogP) is -5.40. The minimum atomic E-state index is -1.76. The van der Waals surface area contributed by atoms with Crippen LogP contribution in [0, 0.1) is 0 Å². The normalized spacial score (nSPS) is 51.7.